The van der Waals surface area contributed by atoms with Gasteiger partial charge in [-0.2, -0.15) is 0 Å². The monoisotopic (exact) mass is 470 g/mol. The Labute approximate surface area is 200 Å². The van der Waals surface area contributed by atoms with Crippen LogP contribution in [-0.4, -0.2) is 36.6 Å². The van der Waals surface area contributed by atoms with Gasteiger partial charge in [0.05, 0.1) is 40.0 Å². The van der Waals surface area contributed by atoms with Crippen molar-refractivity contribution in [1.82, 2.24) is 24.9 Å². The molecule has 176 valence electrons. The number of ether oxygens (including phenoxy) is 1. The number of nitrogens with one attached hydrogen (secondary N) is 1. The molecule has 8 nitrogen and oxygen atoms in total. The third-order valence-corrected chi connectivity index (χ3v) is 5.50. The summed E-state index contributed by atoms with van der Waals surface area (Å²) in [4.78, 5) is 21.6. The lowest BCUT2D eigenvalue weighted by molar-refractivity contribution is 0.182. The Hall–Kier alpha value is -4.21. The van der Waals surface area contributed by atoms with Gasteiger partial charge in [0.1, 0.15) is 18.5 Å². The molecule has 0 radical (unpaired) electrons. The maximum Gasteiger partial charge on any atom is 0.165 e. The van der Waals surface area contributed by atoms with Crippen molar-refractivity contribution >= 4 is 11.0 Å². The number of nitrogens with zero attached hydrogens (tertiary/aromatic N) is 4. The second-order valence-electron chi connectivity index (χ2n) is 8.04. The van der Waals surface area contributed by atoms with Crippen molar-refractivity contribution < 1.29 is 14.2 Å². The minimum atomic E-state index is -0.893. The van der Waals surface area contributed by atoms with Gasteiger partial charge in [-0.15, -0.1) is 0 Å². The minimum Gasteiger partial charge on any atom is -0.483 e. The summed E-state index contributed by atoms with van der Waals surface area (Å²) in [5.74, 6) is 0.219. The number of aromatic nitrogens is 5. The molecule has 3 heterocycles. The van der Waals surface area contributed by atoms with Gasteiger partial charge in [0.2, 0.25) is 0 Å². The molecule has 5 rings (SSSR count). The lowest BCUT2D eigenvalue weighted by Crippen LogP contribution is -2.13. The number of aromatic amines is 1. The number of imidazole rings is 1. The number of hydrogen-bond acceptors (Lipinski definition) is 7. The van der Waals surface area contributed by atoms with E-state index in [4.69, 9.17) is 15.5 Å². The second kappa shape index (κ2) is 9.57. The summed E-state index contributed by atoms with van der Waals surface area (Å²) in [5.41, 5.74) is 10.9. The lowest BCUT2D eigenvalue weighted by atomic mass is 10.1. The smallest absolute Gasteiger partial charge is 0.165 e. The molecule has 5 aromatic rings. The molecule has 0 spiro atoms. The first-order valence-electron chi connectivity index (χ1n) is 11.1. The molecule has 1 atom stereocenters. The first kappa shape index (κ1) is 22.6. The van der Waals surface area contributed by atoms with Crippen molar-refractivity contribution in [3.05, 3.63) is 89.9 Å². The molecular weight excluding hydrogens is 447 g/mol. The Balaban J connectivity index is 1.57. The molecule has 9 heteroatoms. The van der Waals surface area contributed by atoms with E-state index in [1.54, 1.807) is 18.2 Å². The van der Waals surface area contributed by atoms with Crippen LogP contribution in [0.2, 0.25) is 0 Å². The number of hydrogen-bond donors (Lipinski definition) is 3. The average molecular weight is 471 g/mol. The normalized spacial score (nSPS) is 12.1. The quantitative estimate of drug-likeness (QED) is 0.327. The minimum absolute atomic E-state index is 0.0416. The summed E-state index contributed by atoms with van der Waals surface area (Å²) in [6, 6.07) is 17.5. The van der Waals surface area contributed by atoms with E-state index in [1.807, 2.05) is 43.3 Å². The molecule has 2 aromatic carbocycles. The van der Waals surface area contributed by atoms with Gasteiger partial charge in [-0.25, -0.2) is 14.4 Å². The van der Waals surface area contributed by atoms with Crippen LogP contribution in [0.15, 0.2) is 66.9 Å². The fourth-order valence-corrected chi connectivity index (χ4v) is 3.73. The highest BCUT2D eigenvalue weighted by molar-refractivity contribution is 5.84. The van der Waals surface area contributed by atoms with Crippen molar-refractivity contribution in [3.63, 3.8) is 0 Å². The first-order valence-corrected chi connectivity index (χ1v) is 11.1. The average Bonchev–Trinajstić information content (AvgIpc) is 3.31. The van der Waals surface area contributed by atoms with Crippen LogP contribution in [-0.2, 0) is 6.61 Å². The van der Waals surface area contributed by atoms with E-state index in [9.17, 15) is 9.50 Å². The Bertz CT molecular complexity index is 1500. The highest BCUT2D eigenvalue weighted by Gasteiger charge is 2.18. The number of pyridine rings is 1. The number of aliphatic hydroxyl groups is 1. The number of rotatable bonds is 7. The summed E-state index contributed by atoms with van der Waals surface area (Å²) in [5, 5.41) is 10.1. The van der Waals surface area contributed by atoms with Gasteiger partial charge in [-0.1, -0.05) is 24.3 Å². The van der Waals surface area contributed by atoms with E-state index in [-0.39, 0.29) is 18.9 Å². The summed E-state index contributed by atoms with van der Waals surface area (Å²) in [6.45, 7) is 2.01. The van der Waals surface area contributed by atoms with Gasteiger partial charge in [0, 0.05) is 17.8 Å². The van der Waals surface area contributed by atoms with Crippen LogP contribution in [0.3, 0.4) is 0 Å². The highest BCUT2D eigenvalue weighted by atomic mass is 19.1. The van der Waals surface area contributed by atoms with E-state index in [0.29, 0.717) is 39.6 Å². The predicted octanol–water partition coefficient (Wildman–Crippen LogP) is 4.10. The third-order valence-electron chi connectivity index (χ3n) is 5.50. The van der Waals surface area contributed by atoms with Crippen molar-refractivity contribution in [2.75, 3.05) is 6.54 Å². The summed E-state index contributed by atoms with van der Waals surface area (Å²) in [6.07, 6.45) is 0.629. The van der Waals surface area contributed by atoms with Crippen LogP contribution >= 0.6 is 0 Å². The first-order chi connectivity index (χ1) is 17.0. The van der Waals surface area contributed by atoms with Gasteiger partial charge < -0.3 is 20.6 Å². The Kier molecular flexibility index (Phi) is 6.17. The number of benzene rings is 2. The largest absolute Gasteiger partial charge is 0.483 e. The summed E-state index contributed by atoms with van der Waals surface area (Å²) < 4.78 is 19.7. The van der Waals surface area contributed by atoms with Crippen LogP contribution in [0.4, 0.5) is 4.39 Å². The Morgan fingerprint density at radius 3 is 2.69 bits per heavy atom. The molecule has 0 saturated heterocycles. The van der Waals surface area contributed by atoms with Crippen LogP contribution in [0, 0.1) is 12.7 Å². The topological polar surface area (TPSA) is 123 Å². The van der Waals surface area contributed by atoms with Gasteiger partial charge in [0.15, 0.2) is 11.6 Å². The van der Waals surface area contributed by atoms with Crippen LogP contribution < -0.4 is 10.5 Å². The van der Waals surface area contributed by atoms with Crippen molar-refractivity contribution in [2.45, 2.75) is 19.6 Å². The summed E-state index contributed by atoms with van der Waals surface area (Å²) in [7, 11) is 0. The Morgan fingerprint density at radius 1 is 1.03 bits per heavy atom. The van der Waals surface area contributed by atoms with Crippen molar-refractivity contribution in [1.29, 1.82) is 0 Å². The molecule has 4 N–H and O–H groups in total. The van der Waals surface area contributed by atoms with Gasteiger partial charge in [0.25, 0.3) is 0 Å². The molecule has 3 aromatic heterocycles. The molecule has 0 amide bonds. The maximum absolute atomic E-state index is 14.0. The van der Waals surface area contributed by atoms with Gasteiger partial charge in [-0.3, -0.25) is 9.97 Å². The van der Waals surface area contributed by atoms with E-state index in [0.717, 1.165) is 11.3 Å². The third kappa shape index (κ3) is 4.72. The molecule has 1 unspecified atom stereocenters. The zero-order valence-electron chi connectivity index (χ0n) is 18.9. The van der Waals surface area contributed by atoms with Crippen LogP contribution in [0.1, 0.15) is 23.3 Å². The van der Waals surface area contributed by atoms with Crippen molar-refractivity contribution in [2.24, 2.45) is 5.73 Å². The number of aliphatic hydroxyl groups excluding tert-OH is 1. The number of H-pyrrole nitrogens is 1. The molecule has 0 aliphatic rings. The van der Waals surface area contributed by atoms with Crippen molar-refractivity contribution in [3.8, 4) is 28.4 Å². The van der Waals surface area contributed by atoms with Crippen LogP contribution in [0.25, 0.3) is 33.7 Å². The molecular formula is C26H23FN6O2. The molecule has 0 fully saturated rings. The van der Waals surface area contributed by atoms with E-state index in [1.165, 1.54) is 12.3 Å². The molecule has 0 bridgehead atoms. The number of aryl methyl sites for hydroxylation is 1. The van der Waals surface area contributed by atoms with E-state index >= 15 is 0 Å². The van der Waals surface area contributed by atoms with Gasteiger partial charge in [-0.05, 0) is 43.3 Å². The number of halogens is 1. The molecule has 0 saturated carbocycles. The lowest BCUT2D eigenvalue weighted by Gasteiger charge is -2.08. The molecule has 0 aliphatic carbocycles. The zero-order valence-corrected chi connectivity index (χ0v) is 18.9. The molecule has 35 heavy (non-hydrogen) atoms. The SMILES string of the molecule is Cc1cccc(-c2[nH]c(COc3ccccc3F)nc2-c2ccc3ncc(C(O)CN)nc3c2)n1. The number of fused-ring (bicyclic) bond motifs is 1. The number of para-hydroxylation sites is 1. The van der Waals surface area contributed by atoms with E-state index in [2.05, 4.69) is 19.9 Å². The fraction of sp³-hybridized carbons (Fsp3) is 0.154. The predicted molar refractivity (Wildman–Crippen MR) is 130 cm³/mol. The Morgan fingerprint density at radius 2 is 1.89 bits per heavy atom. The fourth-order valence-electron chi connectivity index (χ4n) is 3.73. The molecule has 0 aliphatic heterocycles. The van der Waals surface area contributed by atoms with Gasteiger partial charge >= 0.3 is 0 Å². The zero-order chi connectivity index (χ0) is 24.4. The number of nitrogens with two attached hydrogens (primary N) is 1. The standard InChI is InChI=1S/C26H23FN6O2/c1-15-5-4-7-19(30-15)26-25(32-24(33-26)14-35-23-8-3-2-6-17(23)27)16-9-10-18-20(11-16)31-21(13-29-18)22(34)12-28/h2-11,13,22,34H,12,14,28H2,1H3,(H,32,33). The second-order valence-corrected chi connectivity index (χ2v) is 8.04. The maximum atomic E-state index is 14.0. The van der Waals surface area contributed by atoms with E-state index < -0.39 is 11.9 Å². The summed E-state index contributed by atoms with van der Waals surface area (Å²) >= 11 is 0. The van der Waals surface area contributed by atoms with Crippen LogP contribution in [0.5, 0.6) is 5.75 Å². The highest BCUT2D eigenvalue weighted by Crippen LogP contribution is 2.31.